The molecule has 0 saturated heterocycles. The van der Waals surface area contributed by atoms with Crippen molar-refractivity contribution in [3.05, 3.63) is 93.8 Å². The molecule has 9 heteroatoms. The molecule has 3 aromatic rings. The van der Waals surface area contributed by atoms with Crippen LogP contribution >= 0.6 is 11.6 Å². The first-order valence-electron chi connectivity index (χ1n) is 9.63. The number of hydrogen-bond donors (Lipinski definition) is 0. The second-order valence-corrected chi connectivity index (χ2v) is 7.41. The smallest absolute Gasteiger partial charge is 0.338 e. The monoisotopic (exact) mass is 467 g/mol. The third-order valence-electron chi connectivity index (χ3n) is 5.02. The molecular formula is C24H15ClFNO6. The molecule has 0 bridgehead atoms. The van der Waals surface area contributed by atoms with E-state index in [0.29, 0.717) is 0 Å². The second kappa shape index (κ2) is 8.84. The number of ketones is 1. The Balaban J connectivity index is 1.50. The maximum atomic E-state index is 13.8. The van der Waals surface area contributed by atoms with Crippen molar-refractivity contribution in [2.75, 3.05) is 18.6 Å². The van der Waals surface area contributed by atoms with Crippen molar-refractivity contribution < 1.29 is 33.0 Å². The molecule has 7 nitrogen and oxygen atoms in total. The van der Waals surface area contributed by atoms with Gasteiger partial charge >= 0.3 is 5.97 Å². The highest BCUT2D eigenvalue weighted by molar-refractivity contribution is 6.39. The first kappa shape index (κ1) is 22.2. The molecule has 2 amide bonds. The Kier molecular flexibility index (Phi) is 5.93. The lowest BCUT2D eigenvalue weighted by Gasteiger charge is -2.15. The molecule has 166 valence electrons. The number of esters is 1. The van der Waals surface area contributed by atoms with E-state index in [4.69, 9.17) is 21.1 Å². The number of carbonyl (C=O) groups is 4. The van der Waals surface area contributed by atoms with E-state index in [2.05, 4.69) is 0 Å². The molecule has 1 aliphatic heterocycles. The van der Waals surface area contributed by atoms with Gasteiger partial charge in [0.1, 0.15) is 0 Å². The molecule has 0 fully saturated rings. The number of amides is 2. The molecule has 0 spiro atoms. The number of rotatable bonds is 6. The topological polar surface area (TPSA) is 90.0 Å². The molecule has 1 heterocycles. The zero-order chi connectivity index (χ0) is 23.7. The Morgan fingerprint density at radius 1 is 0.939 bits per heavy atom. The normalized spacial score (nSPS) is 12.5. The molecule has 0 radical (unpaired) electrons. The van der Waals surface area contributed by atoms with E-state index in [1.807, 2.05) is 0 Å². The predicted octanol–water partition coefficient (Wildman–Crippen LogP) is 4.33. The van der Waals surface area contributed by atoms with Gasteiger partial charge in [0.15, 0.2) is 24.0 Å². The van der Waals surface area contributed by atoms with Crippen LogP contribution in [0.25, 0.3) is 0 Å². The first-order valence-corrected chi connectivity index (χ1v) is 10.0. The number of nitrogens with zero attached hydrogens (tertiary/aromatic N) is 1. The Morgan fingerprint density at radius 3 is 2.33 bits per heavy atom. The van der Waals surface area contributed by atoms with Crippen molar-refractivity contribution in [2.24, 2.45) is 0 Å². The van der Waals surface area contributed by atoms with E-state index in [1.54, 1.807) is 18.2 Å². The molecule has 1 aliphatic rings. The van der Waals surface area contributed by atoms with E-state index in [1.165, 1.54) is 43.5 Å². The lowest BCUT2D eigenvalue weighted by molar-refractivity contribution is 0.0474. The molecule has 3 aromatic carbocycles. The predicted molar refractivity (Wildman–Crippen MR) is 117 cm³/mol. The number of hydrogen-bond acceptors (Lipinski definition) is 6. The molecule has 0 atom stereocenters. The first-order chi connectivity index (χ1) is 15.8. The zero-order valence-electron chi connectivity index (χ0n) is 17.1. The SMILES string of the molecule is COc1ccc(C(=O)COC(=O)c2ccc3c(c2)C(=O)N(c2ccccc2Cl)C3=O)cc1F. The van der Waals surface area contributed by atoms with Crippen LogP contribution in [0.5, 0.6) is 5.75 Å². The van der Waals surface area contributed by atoms with Gasteiger partial charge in [-0.05, 0) is 48.5 Å². The summed E-state index contributed by atoms with van der Waals surface area (Å²) >= 11 is 6.12. The van der Waals surface area contributed by atoms with Crippen LogP contribution in [-0.2, 0) is 4.74 Å². The summed E-state index contributed by atoms with van der Waals surface area (Å²) in [5.41, 5.74) is 0.335. The van der Waals surface area contributed by atoms with Gasteiger partial charge in [-0.2, -0.15) is 0 Å². The molecule has 0 N–H and O–H groups in total. The number of ether oxygens (including phenoxy) is 2. The Hall–Kier alpha value is -4.04. The zero-order valence-corrected chi connectivity index (χ0v) is 17.9. The van der Waals surface area contributed by atoms with Crippen molar-refractivity contribution in [3.63, 3.8) is 0 Å². The summed E-state index contributed by atoms with van der Waals surface area (Å²) in [7, 11) is 1.30. The van der Waals surface area contributed by atoms with Crippen LogP contribution in [-0.4, -0.2) is 37.3 Å². The number of methoxy groups -OCH3 is 1. The number of carbonyl (C=O) groups excluding carboxylic acids is 4. The van der Waals surface area contributed by atoms with Crippen molar-refractivity contribution >= 4 is 40.9 Å². The summed E-state index contributed by atoms with van der Waals surface area (Å²) in [5, 5.41) is 0.222. The maximum absolute atomic E-state index is 13.8. The number of halogens is 2. The number of benzene rings is 3. The van der Waals surface area contributed by atoms with Crippen LogP contribution < -0.4 is 9.64 Å². The fourth-order valence-electron chi connectivity index (χ4n) is 3.36. The number of Topliss-reactive ketones (excluding diaryl/α,β-unsaturated/α-hetero) is 1. The van der Waals surface area contributed by atoms with Crippen LogP contribution in [0, 0.1) is 5.82 Å². The molecule has 0 aliphatic carbocycles. The number of fused-ring (bicyclic) bond motifs is 1. The Labute approximate surface area is 192 Å². The maximum Gasteiger partial charge on any atom is 0.338 e. The third-order valence-corrected chi connectivity index (χ3v) is 5.34. The van der Waals surface area contributed by atoms with Gasteiger partial charge in [0.25, 0.3) is 11.8 Å². The highest BCUT2D eigenvalue weighted by atomic mass is 35.5. The van der Waals surface area contributed by atoms with Crippen molar-refractivity contribution in [3.8, 4) is 5.75 Å². The van der Waals surface area contributed by atoms with Crippen molar-refractivity contribution in [1.29, 1.82) is 0 Å². The summed E-state index contributed by atoms with van der Waals surface area (Å²) < 4.78 is 23.6. The van der Waals surface area contributed by atoms with Gasteiger partial charge < -0.3 is 9.47 Å². The summed E-state index contributed by atoms with van der Waals surface area (Å²) in [5.74, 6) is -3.45. The van der Waals surface area contributed by atoms with Gasteiger partial charge in [-0.1, -0.05) is 23.7 Å². The third kappa shape index (κ3) is 4.08. The molecule has 0 unspecified atom stereocenters. The standard InChI is InChI=1S/C24H15ClFNO6/c1-32-21-9-7-13(11-18(21)26)20(28)12-33-24(31)14-6-8-15-16(10-14)23(30)27(22(15)29)19-5-3-2-4-17(19)25/h2-11H,12H2,1H3. The lowest BCUT2D eigenvalue weighted by atomic mass is 10.1. The van der Waals surface area contributed by atoms with Crippen molar-refractivity contribution in [2.45, 2.75) is 0 Å². The Bertz CT molecular complexity index is 1320. The van der Waals surface area contributed by atoms with Crippen LogP contribution in [0.4, 0.5) is 10.1 Å². The Morgan fingerprint density at radius 2 is 1.64 bits per heavy atom. The molecular weight excluding hydrogens is 453 g/mol. The van der Waals surface area contributed by atoms with Crippen LogP contribution in [0.1, 0.15) is 41.4 Å². The van der Waals surface area contributed by atoms with E-state index in [-0.39, 0.29) is 38.7 Å². The van der Waals surface area contributed by atoms with E-state index in [0.717, 1.165) is 11.0 Å². The van der Waals surface area contributed by atoms with Crippen LogP contribution in [0.15, 0.2) is 60.7 Å². The van der Waals surface area contributed by atoms with Crippen molar-refractivity contribution in [1.82, 2.24) is 0 Å². The quantitative estimate of drug-likeness (QED) is 0.304. The van der Waals surface area contributed by atoms with Crippen LogP contribution in [0.3, 0.4) is 0 Å². The molecule has 33 heavy (non-hydrogen) atoms. The van der Waals surface area contributed by atoms with Gasteiger partial charge in [-0.25, -0.2) is 14.1 Å². The van der Waals surface area contributed by atoms with Gasteiger partial charge in [-0.15, -0.1) is 0 Å². The fourth-order valence-corrected chi connectivity index (χ4v) is 3.58. The molecule has 4 rings (SSSR count). The largest absolute Gasteiger partial charge is 0.494 e. The van der Waals surface area contributed by atoms with Gasteiger partial charge in [0, 0.05) is 5.56 Å². The van der Waals surface area contributed by atoms with Gasteiger partial charge in [-0.3, -0.25) is 14.4 Å². The number of para-hydroxylation sites is 1. The molecule has 0 aromatic heterocycles. The minimum Gasteiger partial charge on any atom is -0.494 e. The summed E-state index contributed by atoms with van der Waals surface area (Å²) in [6.45, 7) is -0.639. The van der Waals surface area contributed by atoms with E-state index in [9.17, 15) is 23.6 Å². The van der Waals surface area contributed by atoms with Crippen LogP contribution in [0.2, 0.25) is 5.02 Å². The molecule has 0 saturated carbocycles. The number of anilines is 1. The van der Waals surface area contributed by atoms with E-state index < -0.39 is 36.0 Å². The minimum atomic E-state index is -0.878. The summed E-state index contributed by atoms with van der Waals surface area (Å²) in [6, 6.07) is 13.9. The van der Waals surface area contributed by atoms with E-state index >= 15 is 0 Å². The highest BCUT2D eigenvalue weighted by Gasteiger charge is 2.38. The summed E-state index contributed by atoms with van der Waals surface area (Å²) in [4.78, 5) is 51.2. The van der Waals surface area contributed by atoms with Gasteiger partial charge in [0.05, 0.1) is 34.5 Å². The number of imide groups is 1. The fraction of sp³-hybridized carbons (Fsp3) is 0.0833. The summed E-state index contributed by atoms with van der Waals surface area (Å²) in [6.07, 6.45) is 0. The second-order valence-electron chi connectivity index (χ2n) is 7.01. The lowest BCUT2D eigenvalue weighted by Crippen LogP contribution is -2.29. The minimum absolute atomic E-state index is 0.00575. The average Bonchev–Trinajstić information content (AvgIpc) is 3.07. The highest BCUT2D eigenvalue weighted by Crippen LogP contribution is 2.33. The van der Waals surface area contributed by atoms with Gasteiger partial charge in [0.2, 0.25) is 0 Å². The average molecular weight is 468 g/mol.